The third kappa shape index (κ3) is 2.63. The van der Waals surface area contributed by atoms with Gasteiger partial charge in [0.1, 0.15) is 24.2 Å². The summed E-state index contributed by atoms with van der Waals surface area (Å²) in [4.78, 5) is 27.5. The number of hydrogen-bond donors (Lipinski definition) is 1. The molecule has 130 valence electrons. The van der Waals surface area contributed by atoms with Crippen LogP contribution in [0.5, 0.6) is 0 Å². The number of nitrogens with zero attached hydrogens (tertiary/aromatic N) is 4. The predicted octanol–water partition coefficient (Wildman–Crippen LogP) is 2.44. The van der Waals surface area contributed by atoms with Gasteiger partial charge in [-0.2, -0.15) is 0 Å². The molecule has 1 aliphatic rings. The van der Waals surface area contributed by atoms with Crippen LogP contribution < -0.4 is 10.2 Å². The molecule has 0 spiro atoms. The Balaban J connectivity index is 1.72. The fraction of sp³-hybridized carbons (Fsp3) is 0.412. The van der Waals surface area contributed by atoms with E-state index in [1.165, 1.54) is 19.0 Å². The van der Waals surface area contributed by atoms with Crippen molar-refractivity contribution in [1.82, 2.24) is 20.3 Å². The lowest BCUT2D eigenvalue weighted by molar-refractivity contribution is 0.0950. The maximum Gasteiger partial charge on any atom is 0.255 e. The Morgan fingerprint density at radius 1 is 1.36 bits per heavy atom. The second-order valence-corrected chi connectivity index (χ2v) is 6.63. The van der Waals surface area contributed by atoms with E-state index >= 15 is 0 Å². The molecule has 0 aliphatic heterocycles. The van der Waals surface area contributed by atoms with Crippen LogP contribution in [0.4, 0.5) is 5.82 Å². The van der Waals surface area contributed by atoms with Crippen molar-refractivity contribution < 1.29 is 13.6 Å². The lowest BCUT2D eigenvalue weighted by atomic mass is 10.1. The fourth-order valence-corrected chi connectivity index (χ4v) is 2.91. The highest BCUT2D eigenvalue weighted by molar-refractivity contribution is 6.10. The summed E-state index contributed by atoms with van der Waals surface area (Å²) < 4.78 is 10.6. The Hall–Kier alpha value is -2.90. The zero-order valence-electron chi connectivity index (χ0n) is 14.4. The summed E-state index contributed by atoms with van der Waals surface area (Å²) in [5, 5.41) is 3.49. The zero-order valence-corrected chi connectivity index (χ0v) is 14.4. The molecule has 3 heterocycles. The predicted molar refractivity (Wildman–Crippen MR) is 90.3 cm³/mol. The largest absolute Gasteiger partial charge is 0.451 e. The Kier molecular flexibility index (Phi) is 3.48. The number of carbonyl (C=O) groups is 1. The number of rotatable bonds is 5. The van der Waals surface area contributed by atoms with Gasteiger partial charge in [-0.1, -0.05) is 0 Å². The number of furan rings is 1. The lowest BCUT2D eigenvalue weighted by Gasteiger charge is -2.26. The molecule has 1 aliphatic carbocycles. The van der Waals surface area contributed by atoms with Crippen molar-refractivity contribution >= 4 is 22.8 Å². The van der Waals surface area contributed by atoms with Crippen molar-refractivity contribution in [3.8, 4) is 0 Å². The molecular formula is C17H19N5O3. The van der Waals surface area contributed by atoms with Gasteiger partial charge in [-0.15, -0.1) is 0 Å². The SMILES string of the molecule is Cc1oc2ncnc(N(C)C3(C)CC3)c2c1C(=O)NCc1cocn1. The van der Waals surface area contributed by atoms with Crippen LogP contribution in [-0.4, -0.2) is 33.4 Å². The molecular weight excluding hydrogens is 322 g/mol. The minimum absolute atomic E-state index is 0.0704. The number of aryl methyl sites for hydroxylation is 1. The van der Waals surface area contributed by atoms with E-state index in [4.69, 9.17) is 8.83 Å². The number of oxazole rings is 1. The van der Waals surface area contributed by atoms with Crippen molar-refractivity contribution in [3.05, 3.63) is 36.0 Å². The van der Waals surface area contributed by atoms with Crippen molar-refractivity contribution in [3.63, 3.8) is 0 Å². The van der Waals surface area contributed by atoms with E-state index in [9.17, 15) is 4.79 Å². The summed E-state index contributed by atoms with van der Waals surface area (Å²) >= 11 is 0. The van der Waals surface area contributed by atoms with Gasteiger partial charge >= 0.3 is 0 Å². The number of amides is 1. The van der Waals surface area contributed by atoms with Crippen LogP contribution in [0.3, 0.4) is 0 Å². The molecule has 1 amide bonds. The maximum absolute atomic E-state index is 12.8. The van der Waals surface area contributed by atoms with Crippen molar-refractivity contribution in [1.29, 1.82) is 0 Å². The normalized spacial score (nSPS) is 15.3. The number of hydrogen-bond acceptors (Lipinski definition) is 7. The molecule has 3 aromatic rings. The first-order chi connectivity index (χ1) is 12.0. The van der Waals surface area contributed by atoms with Gasteiger partial charge in [-0.05, 0) is 26.7 Å². The molecule has 1 N–H and O–H groups in total. The molecule has 1 saturated carbocycles. The van der Waals surface area contributed by atoms with Gasteiger partial charge in [0, 0.05) is 12.6 Å². The number of anilines is 1. The summed E-state index contributed by atoms with van der Waals surface area (Å²) in [5.41, 5.74) is 1.61. The van der Waals surface area contributed by atoms with Crippen molar-refractivity contribution in [2.45, 2.75) is 38.8 Å². The van der Waals surface area contributed by atoms with Crippen LogP contribution in [0.2, 0.25) is 0 Å². The van der Waals surface area contributed by atoms with E-state index < -0.39 is 0 Å². The summed E-state index contributed by atoms with van der Waals surface area (Å²) in [5.74, 6) is 0.988. The highest BCUT2D eigenvalue weighted by Gasteiger charge is 2.43. The Morgan fingerprint density at radius 3 is 2.84 bits per heavy atom. The first kappa shape index (κ1) is 15.6. The van der Waals surface area contributed by atoms with Crippen LogP contribution in [-0.2, 0) is 6.54 Å². The molecule has 0 unspecified atom stereocenters. The molecule has 0 saturated heterocycles. The van der Waals surface area contributed by atoms with E-state index in [2.05, 4.69) is 32.1 Å². The summed E-state index contributed by atoms with van der Waals surface area (Å²) in [6.07, 6.45) is 6.49. The van der Waals surface area contributed by atoms with Gasteiger partial charge in [-0.25, -0.2) is 15.0 Å². The fourth-order valence-electron chi connectivity index (χ4n) is 2.91. The molecule has 0 radical (unpaired) electrons. The summed E-state index contributed by atoms with van der Waals surface area (Å²) in [6.45, 7) is 4.21. The minimum Gasteiger partial charge on any atom is -0.451 e. The van der Waals surface area contributed by atoms with E-state index in [-0.39, 0.29) is 18.0 Å². The second kappa shape index (κ2) is 5.58. The van der Waals surface area contributed by atoms with Gasteiger partial charge in [-0.3, -0.25) is 4.79 Å². The van der Waals surface area contributed by atoms with Gasteiger partial charge < -0.3 is 19.1 Å². The third-order valence-corrected chi connectivity index (χ3v) is 4.89. The first-order valence-corrected chi connectivity index (χ1v) is 8.13. The lowest BCUT2D eigenvalue weighted by Crippen LogP contribution is -2.32. The minimum atomic E-state index is -0.246. The average molecular weight is 341 g/mol. The van der Waals surface area contributed by atoms with E-state index in [0.717, 1.165) is 12.8 Å². The number of fused-ring (bicyclic) bond motifs is 1. The Morgan fingerprint density at radius 2 is 2.16 bits per heavy atom. The molecule has 1 fully saturated rings. The van der Waals surface area contributed by atoms with E-state index in [1.54, 1.807) is 6.92 Å². The molecule has 4 rings (SSSR count). The van der Waals surface area contributed by atoms with Crippen LogP contribution in [0, 0.1) is 6.92 Å². The van der Waals surface area contributed by atoms with Crippen molar-refractivity contribution in [2.24, 2.45) is 0 Å². The zero-order chi connectivity index (χ0) is 17.6. The summed E-state index contributed by atoms with van der Waals surface area (Å²) in [7, 11) is 1.99. The highest BCUT2D eigenvalue weighted by Crippen LogP contribution is 2.44. The smallest absolute Gasteiger partial charge is 0.255 e. The van der Waals surface area contributed by atoms with E-state index in [1.807, 2.05) is 7.05 Å². The maximum atomic E-state index is 12.8. The van der Waals surface area contributed by atoms with Gasteiger partial charge in [0.05, 0.1) is 23.2 Å². The van der Waals surface area contributed by atoms with Gasteiger partial charge in [0.15, 0.2) is 6.39 Å². The molecule has 3 aromatic heterocycles. The van der Waals surface area contributed by atoms with Crippen LogP contribution in [0.25, 0.3) is 11.1 Å². The third-order valence-electron chi connectivity index (χ3n) is 4.89. The molecule has 0 aromatic carbocycles. The second-order valence-electron chi connectivity index (χ2n) is 6.63. The molecule has 25 heavy (non-hydrogen) atoms. The number of nitrogens with one attached hydrogen (secondary N) is 1. The Labute approximate surface area is 144 Å². The topological polar surface area (TPSA) is 97.3 Å². The van der Waals surface area contributed by atoms with E-state index in [0.29, 0.717) is 33.9 Å². The standard InChI is InChI=1S/C17H19N5O3/c1-10-12(15(23)18-6-11-7-24-9-21-11)13-14(19-8-20-16(13)25-10)22(3)17(2)4-5-17/h7-9H,4-6H2,1-3H3,(H,18,23). The monoisotopic (exact) mass is 341 g/mol. The number of carbonyl (C=O) groups excluding carboxylic acids is 1. The molecule has 0 atom stereocenters. The van der Waals surface area contributed by atoms with Crippen LogP contribution >= 0.6 is 0 Å². The van der Waals surface area contributed by atoms with Crippen LogP contribution in [0.15, 0.2) is 27.8 Å². The Bertz CT molecular complexity index is 927. The molecule has 8 heteroatoms. The highest BCUT2D eigenvalue weighted by atomic mass is 16.3. The molecule has 8 nitrogen and oxygen atoms in total. The number of aromatic nitrogens is 3. The quantitative estimate of drug-likeness (QED) is 0.761. The van der Waals surface area contributed by atoms with Gasteiger partial charge in [0.25, 0.3) is 5.91 Å². The van der Waals surface area contributed by atoms with Gasteiger partial charge in [0.2, 0.25) is 5.71 Å². The molecule has 0 bridgehead atoms. The van der Waals surface area contributed by atoms with Crippen LogP contribution in [0.1, 0.15) is 41.6 Å². The van der Waals surface area contributed by atoms with Crippen molar-refractivity contribution in [2.75, 3.05) is 11.9 Å². The average Bonchev–Trinajstić information content (AvgIpc) is 3.01. The first-order valence-electron chi connectivity index (χ1n) is 8.13. The summed E-state index contributed by atoms with van der Waals surface area (Å²) in [6, 6.07) is 0.